The van der Waals surface area contributed by atoms with Gasteiger partial charge in [0.2, 0.25) is 0 Å². The molecule has 0 aliphatic heterocycles. The number of nitriles is 1. The molecule has 0 heterocycles. The third-order valence-electron chi connectivity index (χ3n) is 2.90. The minimum atomic E-state index is -0.534. The number of benzene rings is 1. The van der Waals surface area contributed by atoms with E-state index in [1.165, 1.54) is 19.1 Å². The van der Waals surface area contributed by atoms with Crippen molar-refractivity contribution >= 4 is 0 Å². The minimum Gasteiger partial charge on any atom is -0.309 e. The van der Waals surface area contributed by atoms with Crippen LogP contribution in [0.2, 0.25) is 0 Å². The van der Waals surface area contributed by atoms with Gasteiger partial charge in [0.15, 0.2) is 0 Å². The zero-order chi connectivity index (χ0) is 13.9. The summed E-state index contributed by atoms with van der Waals surface area (Å²) in [4.78, 5) is 0. The first-order valence-corrected chi connectivity index (χ1v) is 5.87. The van der Waals surface area contributed by atoms with Crippen molar-refractivity contribution < 1.29 is 8.78 Å². The van der Waals surface area contributed by atoms with Gasteiger partial charge >= 0.3 is 0 Å². The van der Waals surface area contributed by atoms with E-state index in [1.54, 1.807) is 20.8 Å². The lowest BCUT2D eigenvalue weighted by atomic mass is 9.95. The predicted octanol–water partition coefficient (Wildman–Crippen LogP) is 3.47. The molecule has 0 aromatic heterocycles. The van der Waals surface area contributed by atoms with Gasteiger partial charge in [-0.3, -0.25) is 0 Å². The first-order valence-electron chi connectivity index (χ1n) is 5.87. The maximum atomic E-state index is 13.7. The van der Waals surface area contributed by atoms with Crippen molar-refractivity contribution in [1.29, 1.82) is 5.26 Å². The summed E-state index contributed by atoms with van der Waals surface area (Å²) in [6.07, 6.45) is 0. The summed E-state index contributed by atoms with van der Waals surface area (Å²) >= 11 is 0. The number of rotatable bonds is 4. The van der Waals surface area contributed by atoms with E-state index in [0.29, 0.717) is 12.1 Å². The van der Waals surface area contributed by atoms with E-state index in [4.69, 9.17) is 5.26 Å². The zero-order valence-electron chi connectivity index (χ0n) is 11.1. The molecule has 0 aliphatic rings. The molecule has 1 unspecified atom stereocenters. The van der Waals surface area contributed by atoms with E-state index >= 15 is 0 Å². The molecule has 4 heteroatoms. The van der Waals surface area contributed by atoms with Gasteiger partial charge in [-0.05, 0) is 45.4 Å². The van der Waals surface area contributed by atoms with Crippen molar-refractivity contribution in [3.8, 4) is 6.07 Å². The average Bonchev–Trinajstić information content (AvgIpc) is 2.31. The van der Waals surface area contributed by atoms with Gasteiger partial charge in [-0.15, -0.1) is 0 Å². The van der Waals surface area contributed by atoms with Crippen LogP contribution in [0, 0.1) is 35.3 Å². The molecule has 2 nitrogen and oxygen atoms in total. The Morgan fingerprint density at radius 3 is 2.50 bits per heavy atom. The van der Waals surface area contributed by atoms with Gasteiger partial charge in [0.25, 0.3) is 0 Å². The minimum absolute atomic E-state index is 0.284. The van der Waals surface area contributed by atoms with Crippen LogP contribution in [0.4, 0.5) is 8.78 Å². The summed E-state index contributed by atoms with van der Waals surface area (Å²) in [5.74, 6) is -0.844. The van der Waals surface area contributed by atoms with Crippen LogP contribution >= 0.6 is 0 Å². The Kier molecular flexibility index (Phi) is 4.42. The number of halogens is 2. The lowest BCUT2D eigenvalue weighted by Crippen LogP contribution is -2.30. The SMILES string of the molecule is Cc1cc(F)c(C(C)NCC(C)(C)C#N)cc1F. The molecule has 0 bridgehead atoms. The zero-order valence-corrected chi connectivity index (χ0v) is 11.1. The Balaban J connectivity index is 2.83. The molecule has 1 N–H and O–H groups in total. The van der Waals surface area contributed by atoms with E-state index in [0.717, 1.165) is 0 Å². The Morgan fingerprint density at radius 1 is 1.33 bits per heavy atom. The molecule has 0 radical (unpaired) electrons. The Morgan fingerprint density at radius 2 is 1.94 bits per heavy atom. The second-order valence-electron chi connectivity index (χ2n) is 5.22. The van der Waals surface area contributed by atoms with Gasteiger partial charge in [-0.2, -0.15) is 5.26 Å². The molecule has 0 saturated carbocycles. The average molecular weight is 252 g/mol. The van der Waals surface area contributed by atoms with Crippen molar-refractivity contribution in [3.63, 3.8) is 0 Å². The second kappa shape index (κ2) is 5.45. The first-order chi connectivity index (χ1) is 8.26. The second-order valence-corrected chi connectivity index (χ2v) is 5.22. The molecule has 18 heavy (non-hydrogen) atoms. The molecule has 1 aromatic rings. The standard InChI is InChI=1S/C14H18F2N2/c1-9-5-13(16)11(6-12(9)15)10(2)18-8-14(3,4)7-17/h5-6,10,18H,8H2,1-4H3. The van der Waals surface area contributed by atoms with Crippen molar-refractivity contribution in [2.45, 2.75) is 33.7 Å². The maximum absolute atomic E-state index is 13.7. The molecule has 1 atom stereocenters. The maximum Gasteiger partial charge on any atom is 0.128 e. The van der Waals surface area contributed by atoms with Gasteiger partial charge < -0.3 is 5.32 Å². The highest BCUT2D eigenvalue weighted by Crippen LogP contribution is 2.22. The normalized spacial score (nSPS) is 13.2. The van der Waals surface area contributed by atoms with E-state index in [2.05, 4.69) is 11.4 Å². The predicted molar refractivity (Wildman–Crippen MR) is 66.9 cm³/mol. The largest absolute Gasteiger partial charge is 0.309 e. The molecule has 0 spiro atoms. The van der Waals surface area contributed by atoms with E-state index in [-0.39, 0.29) is 11.6 Å². The topological polar surface area (TPSA) is 35.8 Å². The summed E-state index contributed by atoms with van der Waals surface area (Å²) in [6.45, 7) is 7.27. The smallest absolute Gasteiger partial charge is 0.128 e. The Hall–Kier alpha value is -1.47. The fourth-order valence-electron chi connectivity index (χ4n) is 1.55. The van der Waals surface area contributed by atoms with Crippen molar-refractivity contribution in [2.24, 2.45) is 5.41 Å². The Labute approximate surface area is 107 Å². The highest BCUT2D eigenvalue weighted by molar-refractivity contribution is 5.27. The van der Waals surface area contributed by atoms with Gasteiger partial charge in [-0.25, -0.2) is 8.78 Å². The number of hydrogen-bond acceptors (Lipinski definition) is 2. The van der Waals surface area contributed by atoms with Crippen LogP contribution in [0.1, 0.15) is 37.9 Å². The molecule has 0 amide bonds. The fourth-order valence-corrected chi connectivity index (χ4v) is 1.55. The summed E-state index contributed by atoms with van der Waals surface area (Å²) in [5.41, 5.74) is 0.0428. The molecular weight excluding hydrogens is 234 g/mol. The number of nitrogens with zero attached hydrogens (tertiary/aromatic N) is 1. The molecule has 1 rings (SSSR count). The number of nitrogens with one attached hydrogen (secondary N) is 1. The first kappa shape index (κ1) is 14.6. The van der Waals surface area contributed by atoms with Crippen LogP contribution < -0.4 is 5.32 Å². The fraction of sp³-hybridized carbons (Fsp3) is 0.500. The van der Waals surface area contributed by atoms with Crippen LogP contribution in [0.3, 0.4) is 0 Å². The highest BCUT2D eigenvalue weighted by atomic mass is 19.1. The number of hydrogen-bond donors (Lipinski definition) is 1. The van der Waals surface area contributed by atoms with Crippen LogP contribution in [0.5, 0.6) is 0 Å². The Bertz CT molecular complexity index is 475. The van der Waals surface area contributed by atoms with Crippen LogP contribution in [-0.4, -0.2) is 6.54 Å². The lowest BCUT2D eigenvalue weighted by molar-refractivity contribution is 0.408. The van der Waals surface area contributed by atoms with Crippen LogP contribution in [0.25, 0.3) is 0 Å². The summed E-state index contributed by atoms with van der Waals surface area (Å²) < 4.78 is 27.1. The van der Waals surface area contributed by atoms with Gasteiger partial charge in [0.05, 0.1) is 11.5 Å². The monoisotopic (exact) mass is 252 g/mol. The third-order valence-corrected chi connectivity index (χ3v) is 2.90. The third kappa shape index (κ3) is 3.51. The molecule has 0 fully saturated rings. The summed E-state index contributed by atoms with van der Waals surface area (Å²) in [7, 11) is 0. The molecule has 1 aromatic carbocycles. The molecule has 0 aliphatic carbocycles. The molecular formula is C14H18F2N2. The lowest BCUT2D eigenvalue weighted by Gasteiger charge is -2.21. The van der Waals surface area contributed by atoms with Gasteiger partial charge in [-0.1, -0.05) is 0 Å². The molecule has 0 saturated heterocycles. The highest BCUT2D eigenvalue weighted by Gasteiger charge is 2.19. The summed E-state index contributed by atoms with van der Waals surface area (Å²) in [6, 6.07) is 4.22. The van der Waals surface area contributed by atoms with Crippen LogP contribution in [0.15, 0.2) is 12.1 Å². The van der Waals surface area contributed by atoms with E-state index in [1.807, 2.05) is 0 Å². The summed E-state index contributed by atoms with van der Waals surface area (Å²) in [5, 5.41) is 11.9. The van der Waals surface area contributed by atoms with Gasteiger partial charge in [0, 0.05) is 18.2 Å². The quantitative estimate of drug-likeness (QED) is 0.890. The van der Waals surface area contributed by atoms with Crippen LogP contribution in [-0.2, 0) is 0 Å². The van der Waals surface area contributed by atoms with Gasteiger partial charge in [0.1, 0.15) is 11.6 Å². The molecule has 98 valence electrons. The number of aryl methyl sites for hydroxylation is 1. The van der Waals surface area contributed by atoms with Crippen molar-refractivity contribution in [2.75, 3.05) is 6.54 Å². The van der Waals surface area contributed by atoms with E-state index < -0.39 is 17.0 Å². The van der Waals surface area contributed by atoms with E-state index in [9.17, 15) is 8.78 Å². The van der Waals surface area contributed by atoms with Crippen molar-refractivity contribution in [1.82, 2.24) is 5.32 Å². The van der Waals surface area contributed by atoms with Crippen molar-refractivity contribution in [3.05, 3.63) is 34.9 Å².